The molecule has 1 unspecified atom stereocenters. The highest BCUT2D eigenvalue weighted by Gasteiger charge is 2.15. The van der Waals surface area contributed by atoms with Gasteiger partial charge in [0, 0.05) is 24.7 Å². The van der Waals surface area contributed by atoms with Gasteiger partial charge in [-0.15, -0.1) is 0 Å². The van der Waals surface area contributed by atoms with Crippen molar-refractivity contribution in [1.82, 2.24) is 10.3 Å². The molecule has 0 saturated heterocycles. The van der Waals surface area contributed by atoms with Crippen LogP contribution in [0.1, 0.15) is 29.3 Å². The number of carbonyl (C=O) groups excluding carboxylic acids is 1. The minimum atomic E-state index is -0.510. The molecule has 1 aromatic carbocycles. The third-order valence-electron chi connectivity index (χ3n) is 3.63. The van der Waals surface area contributed by atoms with Crippen LogP contribution in [0.15, 0.2) is 23.1 Å². The lowest BCUT2D eigenvalue weighted by molar-refractivity contribution is 0.0944. The lowest BCUT2D eigenvalue weighted by Crippen LogP contribution is -2.32. The Morgan fingerprint density at radius 1 is 1.45 bits per heavy atom. The number of aliphatic hydroxyl groups is 1. The SMILES string of the molecule is Cc1cc(F)cc2c(=O)c(C(=O)NCC(C)CCO)c[nH]c12. The summed E-state index contributed by atoms with van der Waals surface area (Å²) in [5.41, 5.74) is 0.588. The lowest BCUT2D eigenvalue weighted by atomic mass is 10.1. The van der Waals surface area contributed by atoms with Crippen LogP contribution in [0.5, 0.6) is 0 Å². The first-order valence-electron chi connectivity index (χ1n) is 7.14. The van der Waals surface area contributed by atoms with Crippen LogP contribution in [-0.2, 0) is 0 Å². The first-order chi connectivity index (χ1) is 10.4. The van der Waals surface area contributed by atoms with Crippen LogP contribution in [-0.4, -0.2) is 29.1 Å². The molecule has 1 atom stereocenters. The molecule has 6 heteroatoms. The van der Waals surface area contributed by atoms with Crippen molar-refractivity contribution < 1.29 is 14.3 Å². The zero-order valence-corrected chi connectivity index (χ0v) is 12.6. The number of aromatic amines is 1. The van der Waals surface area contributed by atoms with E-state index in [1.54, 1.807) is 6.92 Å². The highest BCUT2D eigenvalue weighted by Crippen LogP contribution is 2.15. The molecule has 0 radical (unpaired) electrons. The zero-order valence-electron chi connectivity index (χ0n) is 12.6. The van der Waals surface area contributed by atoms with E-state index in [0.29, 0.717) is 24.0 Å². The summed E-state index contributed by atoms with van der Waals surface area (Å²) in [6.07, 6.45) is 1.92. The number of amides is 1. The molecule has 118 valence electrons. The number of aryl methyl sites for hydroxylation is 1. The largest absolute Gasteiger partial charge is 0.396 e. The van der Waals surface area contributed by atoms with E-state index in [2.05, 4.69) is 10.3 Å². The number of benzene rings is 1. The van der Waals surface area contributed by atoms with E-state index in [0.717, 1.165) is 6.07 Å². The molecule has 22 heavy (non-hydrogen) atoms. The average Bonchev–Trinajstić information content (AvgIpc) is 2.46. The molecule has 0 aliphatic carbocycles. The van der Waals surface area contributed by atoms with E-state index in [1.165, 1.54) is 12.3 Å². The van der Waals surface area contributed by atoms with Crippen LogP contribution in [0.3, 0.4) is 0 Å². The van der Waals surface area contributed by atoms with Crippen LogP contribution < -0.4 is 10.7 Å². The second kappa shape index (κ2) is 6.70. The molecule has 2 aromatic rings. The van der Waals surface area contributed by atoms with Gasteiger partial charge in [0.2, 0.25) is 5.43 Å². The van der Waals surface area contributed by atoms with Crippen molar-refractivity contribution in [1.29, 1.82) is 0 Å². The van der Waals surface area contributed by atoms with Crippen LogP contribution >= 0.6 is 0 Å². The second-order valence-corrected chi connectivity index (χ2v) is 5.50. The summed E-state index contributed by atoms with van der Waals surface area (Å²) in [5.74, 6) is -0.910. The van der Waals surface area contributed by atoms with Gasteiger partial charge in [0.25, 0.3) is 5.91 Å². The molecule has 0 spiro atoms. The zero-order chi connectivity index (χ0) is 16.3. The van der Waals surface area contributed by atoms with Gasteiger partial charge in [0.15, 0.2) is 0 Å². The molecule has 0 saturated carbocycles. The number of fused-ring (bicyclic) bond motifs is 1. The minimum Gasteiger partial charge on any atom is -0.396 e. The summed E-state index contributed by atoms with van der Waals surface area (Å²) in [5, 5.41) is 11.6. The number of nitrogens with one attached hydrogen (secondary N) is 2. The fourth-order valence-electron chi connectivity index (χ4n) is 2.32. The number of aliphatic hydroxyl groups excluding tert-OH is 1. The van der Waals surface area contributed by atoms with Gasteiger partial charge in [-0.2, -0.15) is 0 Å². The summed E-state index contributed by atoms with van der Waals surface area (Å²) < 4.78 is 13.5. The normalized spacial score (nSPS) is 12.4. The Balaban J connectivity index is 2.31. The minimum absolute atomic E-state index is 0.0475. The van der Waals surface area contributed by atoms with E-state index in [-0.39, 0.29) is 23.5 Å². The van der Waals surface area contributed by atoms with Gasteiger partial charge in [0.05, 0.1) is 5.52 Å². The Kier molecular flexibility index (Phi) is 4.92. The summed E-state index contributed by atoms with van der Waals surface area (Å²) in [6, 6.07) is 2.46. The fraction of sp³-hybridized carbons (Fsp3) is 0.375. The molecular weight excluding hydrogens is 287 g/mol. The Bertz CT molecular complexity index is 755. The molecule has 1 amide bonds. The number of H-pyrrole nitrogens is 1. The first kappa shape index (κ1) is 16.2. The number of halogens is 1. The van der Waals surface area contributed by atoms with Gasteiger partial charge in [-0.1, -0.05) is 6.92 Å². The molecule has 0 aliphatic heterocycles. The molecule has 0 aliphatic rings. The Morgan fingerprint density at radius 3 is 2.86 bits per heavy atom. The van der Waals surface area contributed by atoms with Crippen molar-refractivity contribution in [3.8, 4) is 0 Å². The van der Waals surface area contributed by atoms with Gasteiger partial charge in [-0.25, -0.2) is 4.39 Å². The topological polar surface area (TPSA) is 82.2 Å². The predicted molar refractivity (Wildman–Crippen MR) is 82.5 cm³/mol. The van der Waals surface area contributed by atoms with Crippen LogP contribution in [0.2, 0.25) is 0 Å². The molecule has 1 aromatic heterocycles. The van der Waals surface area contributed by atoms with Gasteiger partial charge in [0.1, 0.15) is 11.4 Å². The molecule has 0 bridgehead atoms. The third kappa shape index (κ3) is 3.33. The smallest absolute Gasteiger partial charge is 0.256 e. The summed E-state index contributed by atoms with van der Waals surface area (Å²) in [7, 11) is 0. The monoisotopic (exact) mass is 306 g/mol. The van der Waals surface area contributed by atoms with Crippen molar-refractivity contribution in [2.75, 3.05) is 13.2 Å². The maximum Gasteiger partial charge on any atom is 0.256 e. The summed E-state index contributed by atoms with van der Waals surface area (Å²) in [6.45, 7) is 3.99. The molecule has 0 fully saturated rings. The maximum atomic E-state index is 13.5. The van der Waals surface area contributed by atoms with Crippen LogP contribution in [0.25, 0.3) is 10.9 Å². The number of carbonyl (C=O) groups is 1. The summed E-state index contributed by atoms with van der Waals surface area (Å²) >= 11 is 0. The molecular formula is C16H19FN2O3. The number of aromatic nitrogens is 1. The third-order valence-corrected chi connectivity index (χ3v) is 3.63. The van der Waals surface area contributed by atoms with Crippen molar-refractivity contribution >= 4 is 16.8 Å². The van der Waals surface area contributed by atoms with Crippen molar-refractivity contribution in [2.24, 2.45) is 5.92 Å². The Hall–Kier alpha value is -2.21. The standard InChI is InChI=1S/C16H19FN2O3/c1-9(3-4-20)7-19-16(22)13-8-18-14-10(2)5-11(17)6-12(14)15(13)21/h5-6,8-9,20H,3-4,7H2,1-2H3,(H,18,21)(H,19,22). The van der Waals surface area contributed by atoms with Gasteiger partial charge >= 0.3 is 0 Å². The maximum absolute atomic E-state index is 13.5. The van der Waals surface area contributed by atoms with E-state index in [1.807, 2.05) is 6.92 Å². The van der Waals surface area contributed by atoms with Crippen molar-refractivity contribution in [3.63, 3.8) is 0 Å². The predicted octanol–water partition coefficient (Wildman–Crippen LogP) is 1.72. The number of pyridine rings is 1. The Morgan fingerprint density at radius 2 is 2.18 bits per heavy atom. The fourth-order valence-corrected chi connectivity index (χ4v) is 2.32. The highest BCUT2D eigenvalue weighted by molar-refractivity contribution is 5.97. The number of hydrogen-bond donors (Lipinski definition) is 3. The molecule has 1 heterocycles. The van der Waals surface area contributed by atoms with Gasteiger partial charge in [-0.05, 0) is 37.0 Å². The quantitative estimate of drug-likeness (QED) is 0.786. The molecule has 2 rings (SSSR count). The van der Waals surface area contributed by atoms with E-state index >= 15 is 0 Å². The lowest BCUT2D eigenvalue weighted by Gasteiger charge is -2.11. The molecule has 3 N–H and O–H groups in total. The first-order valence-corrected chi connectivity index (χ1v) is 7.14. The van der Waals surface area contributed by atoms with E-state index in [9.17, 15) is 14.0 Å². The van der Waals surface area contributed by atoms with Crippen LogP contribution in [0, 0.1) is 18.7 Å². The van der Waals surface area contributed by atoms with Gasteiger partial charge in [-0.3, -0.25) is 9.59 Å². The van der Waals surface area contributed by atoms with Gasteiger partial charge < -0.3 is 15.4 Å². The van der Waals surface area contributed by atoms with Crippen LogP contribution in [0.4, 0.5) is 4.39 Å². The Labute approximate surface area is 127 Å². The van der Waals surface area contributed by atoms with E-state index in [4.69, 9.17) is 5.11 Å². The number of rotatable bonds is 5. The highest BCUT2D eigenvalue weighted by atomic mass is 19.1. The summed E-state index contributed by atoms with van der Waals surface area (Å²) in [4.78, 5) is 27.3. The second-order valence-electron chi connectivity index (χ2n) is 5.50. The van der Waals surface area contributed by atoms with Crippen molar-refractivity contribution in [3.05, 3.63) is 45.5 Å². The van der Waals surface area contributed by atoms with Crippen molar-refractivity contribution in [2.45, 2.75) is 20.3 Å². The van der Waals surface area contributed by atoms with E-state index < -0.39 is 17.2 Å². The molecule has 5 nitrogen and oxygen atoms in total. The number of hydrogen-bond acceptors (Lipinski definition) is 3. The average molecular weight is 306 g/mol.